The van der Waals surface area contributed by atoms with Crippen molar-refractivity contribution < 1.29 is 8.42 Å². The first-order valence-corrected chi connectivity index (χ1v) is 8.94. The van der Waals surface area contributed by atoms with Gasteiger partial charge < -0.3 is 11.1 Å². The molecule has 7 nitrogen and oxygen atoms in total. The number of nitrogens with two attached hydrogens (primary N) is 1. The molecule has 0 aliphatic rings. The number of pyridine rings is 1. The van der Waals surface area contributed by atoms with Crippen LogP contribution in [0.2, 0.25) is 0 Å². The molecule has 1 aromatic rings. The van der Waals surface area contributed by atoms with Gasteiger partial charge in [0.15, 0.2) is 5.96 Å². The molecule has 23 heavy (non-hydrogen) atoms. The molecule has 0 aliphatic heterocycles. The van der Waals surface area contributed by atoms with Crippen molar-refractivity contribution >= 4 is 40.0 Å². The zero-order chi connectivity index (χ0) is 16.4. The molecule has 0 bridgehead atoms. The minimum atomic E-state index is -3.11. The number of aromatic nitrogens is 1. The van der Waals surface area contributed by atoms with Gasteiger partial charge in [-0.2, -0.15) is 0 Å². The van der Waals surface area contributed by atoms with E-state index in [1.165, 1.54) is 4.31 Å². The van der Waals surface area contributed by atoms with Crippen LogP contribution in [0.15, 0.2) is 29.4 Å². The lowest BCUT2D eigenvalue weighted by atomic mass is 10.3. The summed E-state index contributed by atoms with van der Waals surface area (Å²) in [5, 5.41) is 3.02. The Kier molecular flexibility index (Phi) is 11.1. The molecule has 0 unspecified atom stereocenters. The van der Waals surface area contributed by atoms with Crippen molar-refractivity contribution in [3.05, 3.63) is 30.1 Å². The van der Waals surface area contributed by atoms with Crippen LogP contribution in [0.1, 0.15) is 19.0 Å². The van der Waals surface area contributed by atoms with Gasteiger partial charge >= 0.3 is 0 Å². The second kappa shape index (κ2) is 11.6. The molecule has 0 fully saturated rings. The number of nitrogens with zero attached hydrogens (tertiary/aromatic N) is 3. The highest BCUT2D eigenvalue weighted by molar-refractivity contribution is 14.0. The van der Waals surface area contributed by atoms with E-state index in [2.05, 4.69) is 15.3 Å². The summed E-state index contributed by atoms with van der Waals surface area (Å²) in [5.74, 6) is 0.487. The average molecular weight is 455 g/mol. The summed E-state index contributed by atoms with van der Waals surface area (Å²) in [7, 11) is -1.53. The third-order valence-electron chi connectivity index (χ3n) is 3.17. The number of nitrogens with one attached hydrogen (secondary N) is 1. The van der Waals surface area contributed by atoms with Gasteiger partial charge in [-0.05, 0) is 25.5 Å². The summed E-state index contributed by atoms with van der Waals surface area (Å²) < 4.78 is 24.5. The maximum absolute atomic E-state index is 11.6. The average Bonchev–Trinajstić information content (AvgIpc) is 2.52. The summed E-state index contributed by atoms with van der Waals surface area (Å²) in [5.41, 5.74) is 6.75. The van der Waals surface area contributed by atoms with E-state index in [9.17, 15) is 8.42 Å². The molecule has 0 saturated carbocycles. The molecule has 0 atom stereocenters. The first-order chi connectivity index (χ1) is 10.5. The highest BCUT2D eigenvalue weighted by Gasteiger charge is 2.13. The number of hydrogen-bond donors (Lipinski definition) is 2. The van der Waals surface area contributed by atoms with Crippen molar-refractivity contribution in [2.45, 2.75) is 19.8 Å². The van der Waals surface area contributed by atoms with E-state index in [0.29, 0.717) is 32.0 Å². The van der Waals surface area contributed by atoms with Gasteiger partial charge in [-0.25, -0.2) is 12.7 Å². The summed E-state index contributed by atoms with van der Waals surface area (Å²) >= 11 is 0. The van der Waals surface area contributed by atoms with E-state index in [0.717, 1.165) is 12.1 Å². The highest BCUT2D eigenvalue weighted by atomic mass is 127. The van der Waals surface area contributed by atoms with Crippen LogP contribution in [-0.4, -0.2) is 56.1 Å². The molecule has 1 rings (SSSR count). The standard InChI is InChI=1S/C14H25N5O2S.HI/c1-3-22(20,21)19(2)12-6-10-17-14(15)18-11-8-13-7-4-5-9-16-13;/h4-5,7,9H,3,6,8,10-12H2,1-2H3,(H3,15,17,18);1H. The van der Waals surface area contributed by atoms with Gasteiger partial charge in [0.1, 0.15) is 0 Å². The van der Waals surface area contributed by atoms with E-state index in [1.807, 2.05) is 18.2 Å². The minimum Gasteiger partial charge on any atom is -0.370 e. The van der Waals surface area contributed by atoms with Gasteiger partial charge in [0.2, 0.25) is 10.0 Å². The summed E-state index contributed by atoms with van der Waals surface area (Å²) in [6, 6.07) is 5.78. The molecular formula is C14H26IN5O2S. The summed E-state index contributed by atoms with van der Waals surface area (Å²) in [4.78, 5) is 8.39. The number of rotatable bonds is 9. The van der Waals surface area contributed by atoms with Gasteiger partial charge in [0.05, 0.1) is 5.75 Å². The lowest BCUT2D eigenvalue weighted by molar-refractivity contribution is 0.465. The van der Waals surface area contributed by atoms with Crippen LogP contribution in [0.25, 0.3) is 0 Å². The second-order valence-electron chi connectivity index (χ2n) is 4.84. The van der Waals surface area contributed by atoms with Crippen molar-refractivity contribution in [3.8, 4) is 0 Å². The number of guanidine groups is 1. The molecule has 0 aromatic carbocycles. The Hall–Kier alpha value is -0.940. The van der Waals surface area contributed by atoms with Crippen LogP contribution in [0.3, 0.4) is 0 Å². The third kappa shape index (κ3) is 9.06. The Morgan fingerprint density at radius 3 is 2.78 bits per heavy atom. The Morgan fingerprint density at radius 2 is 2.17 bits per heavy atom. The monoisotopic (exact) mass is 455 g/mol. The fourth-order valence-corrected chi connectivity index (χ4v) is 2.62. The molecule has 1 aromatic heterocycles. The molecule has 0 spiro atoms. The zero-order valence-corrected chi connectivity index (χ0v) is 16.8. The van der Waals surface area contributed by atoms with Gasteiger partial charge in [-0.3, -0.25) is 9.98 Å². The largest absolute Gasteiger partial charge is 0.370 e. The third-order valence-corrected chi connectivity index (χ3v) is 5.03. The maximum Gasteiger partial charge on any atom is 0.213 e. The lowest BCUT2D eigenvalue weighted by Gasteiger charge is -2.14. The fourth-order valence-electron chi connectivity index (χ4n) is 1.77. The number of halogens is 1. The molecule has 3 N–H and O–H groups in total. The van der Waals surface area contributed by atoms with Gasteiger partial charge in [0.25, 0.3) is 0 Å². The molecule has 0 amide bonds. The molecule has 9 heteroatoms. The molecule has 0 saturated heterocycles. The van der Waals surface area contributed by atoms with Crippen molar-refractivity contribution in [2.75, 3.05) is 32.4 Å². The fraction of sp³-hybridized carbons (Fsp3) is 0.571. The van der Waals surface area contributed by atoms with E-state index in [4.69, 9.17) is 5.73 Å². The van der Waals surface area contributed by atoms with Crippen LogP contribution < -0.4 is 11.1 Å². The normalized spacial score (nSPS) is 12.0. The predicted molar refractivity (Wildman–Crippen MR) is 105 cm³/mol. The van der Waals surface area contributed by atoms with Crippen LogP contribution in [0.5, 0.6) is 0 Å². The first kappa shape index (κ1) is 22.1. The summed E-state index contributed by atoms with van der Waals surface area (Å²) in [6.45, 7) is 3.23. The Bertz CT molecular complexity index is 566. The lowest BCUT2D eigenvalue weighted by Crippen LogP contribution is -2.34. The van der Waals surface area contributed by atoms with Crippen molar-refractivity contribution in [2.24, 2.45) is 10.7 Å². The van der Waals surface area contributed by atoms with Crippen LogP contribution in [0.4, 0.5) is 0 Å². The number of aliphatic imine (C=N–C) groups is 1. The van der Waals surface area contributed by atoms with Crippen molar-refractivity contribution in [1.82, 2.24) is 14.6 Å². The van der Waals surface area contributed by atoms with Crippen LogP contribution >= 0.6 is 24.0 Å². The van der Waals surface area contributed by atoms with Crippen LogP contribution in [0, 0.1) is 0 Å². The zero-order valence-electron chi connectivity index (χ0n) is 13.6. The first-order valence-electron chi connectivity index (χ1n) is 7.33. The molecule has 1 heterocycles. The van der Waals surface area contributed by atoms with Gasteiger partial charge in [-0.15, -0.1) is 24.0 Å². The van der Waals surface area contributed by atoms with E-state index < -0.39 is 10.0 Å². The molecule has 0 aliphatic carbocycles. The smallest absolute Gasteiger partial charge is 0.213 e. The van der Waals surface area contributed by atoms with Crippen LogP contribution in [-0.2, 0) is 16.4 Å². The van der Waals surface area contributed by atoms with E-state index in [-0.39, 0.29) is 29.7 Å². The van der Waals surface area contributed by atoms with Gasteiger partial charge in [0, 0.05) is 45.0 Å². The van der Waals surface area contributed by atoms with E-state index >= 15 is 0 Å². The number of hydrogen-bond acceptors (Lipinski definition) is 4. The molecular weight excluding hydrogens is 429 g/mol. The molecule has 132 valence electrons. The maximum atomic E-state index is 11.6. The Balaban J connectivity index is 0.00000484. The Morgan fingerprint density at radius 1 is 1.43 bits per heavy atom. The minimum absolute atomic E-state index is 0. The number of sulfonamides is 1. The SMILES string of the molecule is CCS(=O)(=O)N(C)CCCN=C(N)NCCc1ccccn1.I. The topological polar surface area (TPSA) is 101 Å². The van der Waals surface area contributed by atoms with E-state index in [1.54, 1.807) is 20.2 Å². The van der Waals surface area contributed by atoms with Crippen molar-refractivity contribution in [3.63, 3.8) is 0 Å². The predicted octanol–water partition coefficient (Wildman–Crippen LogP) is 0.818. The molecule has 0 radical (unpaired) electrons. The second-order valence-corrected chi connectivity index (χ2v) is 7.20. The van der Waals surface area contributed by atoms with Gasteiger partial charge in [-0.1, -0.05) is 6.07 Å². The summed E-state index contributed by atoms with van der Waals surface area (Å²) in [6.07, 6.45) is 3.17. The Labute approximate surface area is 155 Å². The van der Waals surface area contributed by atoms with Crippen molar-refractivity contribution in [1.29, 1.82) is 0 Å². The quantitative estimate of drug-likeness (QED) is 0.249. The highest BCUT2D eigenvalue weighted by Crippen LogP contribution is 1.98.